The number of anilines is 1. The van der Waals surface area contributed by atoms with E-state index in [1.807, 2.05) is 24.3 Å². The number of methoxy groups -OCH3 is 1. The second kappa shape index (κ2) is 5.81. The number of aromatic nitrogens is 2. The molecule has 0 aliphatic carbocycles. The van der Waals surface area contributed by atoms with Crippen molar-refractivity contribution >= 4 is 12.1 Å². The predicted octanol–water partition coefficient (Wildman–Crippen LogP) is 1.46. The Kier molecular flexibility index (Phi) is 3.92. The number of hydrogen-bond acceptors (Lipinski definition) is 6. The zero-order chi connectivity index (χ0) is 13.7. The van der Waals surface area contributed by atoms with Crippen molar-refractivity contribution in [3.63, 3.8) is 0 Å². The lowest BCUT2D eigenvalue weighted by Crippen LogP contribution is -2.05. The Morgan fingerprint density at radius 2 is 2.21 bits per heavy atom. The van der Waals surface area contributed by atoms with Crippen molar-refractivity contribution in [2.45, 2.75) is 6.61 Å². The Balaban J connectivity index is 2.14. The quantitative estimate of drug-likeness (QED) is 0.818. The van der Waals surface area contributed by atoms with E-state index in [4.69, 9.17) is 15.2 Å². The van der Waals surface area contributed by atoms with Crippen LogP contribution >= 0.6 is 0 Å². The van der Waals surface area contributed by atoms with E-state index in [2.05, 4.69) is 9.97 Å². The minimum absolute atomic E-state index is 0.102. The molecule has 0 aliphatic rings. The number of carbonyl (C=O) groups excluding carboxylic acids is 1. The van der Waals surface area contributed by atoms with Gasteiger partial charge in [0, 0.05) is 0 Å². The monoisotopic (exact) mass is 259 g/mol. The molecule has 0 saturated heterocycles. The van der Waals surface area contributed by atoms with Crippen molar-refractivity contribution in [2.24, 2.45) is 0 Å². The summed E-state index contributed by atoms with van der Waals surface area (Å²) < 4.78 is 10.6. The van der Waals surface area contributed by atoms with E-state index in [0.29, 0.717) is 6.29 Å². The van der Waals surface area contributed by atoms with Gasteiger partial charge >= 0.3 is 0 Å². The molecule has 0 aliphatic heterocycles. The van der Waals surface area contributed by atoms with E-state index >= 15 is 0 Å². The largest absolute Gasteiger partial charge is 0.497 e. The average Bonchev–Trinajstić information content (AvgIpc) is 2.45. The molecular weight excluding hydrogens is 246 g/mol. The number of carbonyl (C=O) groups is 1. The number of aldehydes is 1. The lowest BCUT2D eigenvalue weighted by atomic mass is 10.2. The number of nitrogens with two attached hydrogens (primary N) is 1. The second-order valence-electron chi connectivity index (χ2n) is 3.74. The summed E-state index contributed by atoms with van der Waals surface area (Å²) >= 11 is 0. The van der Waals surface area contributed by atoms with Gasteiger partial charge in [0.1, 0.15) is 30.1 Å². The van der Waals surface area contributed by atoms with Gasteiger partial charge in [-0.2, -0.15) is 0 Å². The third-order valence-corrected chi connectivity index (χ3v) is 2.51. The molecule has 2 aromatic rings. The maximum Gasteiger partial charge on any atom is 0.229 e. The molecular formula is C13H13N3O3. The molecule has 98 valence electrons. The SMILES string of the molecule is COc1cccc(COc2ncnc(N)c2C=O)c1. The molecule has 0 amide bonds. The van der Waals surface area contributed by atoms with Crippen molar-refractivity contribution in [3.8, 4) is 11.6 Å². The molecule has 1 aromatic carbocycles. The normalized spacial score (nSPS) is 9.95. The molecule has 0 unspecified atom stereocenters. The highest BCUT2D eigenvalue weighted by Crippen LogP contribution is 2.19. The van der Waals surface area contributed by atoms with Gasteiger partial charge in [0.05, 0.1) is 7.11 Å². The Morgan fingerprint density at radius 1 is 1.37 bits per heavy atom. The van der Waals surface area contributed by atoms with Gasteiger partial charge in [-0.3, -0.25) is 4.79 Å². The van der Waals surface area contributed by atoms with Crippen LogP contribution in [0.5, 0.6) is 11.6 Å². The average molecular weight is 259 g/mol. The highest BCUT2D eigenvalue weighted by atomic mass is 16.5. The fraction of sp³-hybridized carbons (Fsp3) is 0.154. The van der Waals surface area contributed by atoms with Gasteiger partial charge in [-0.05, 0) is 17.7 Å². The molecule has 0 bridgehead atoms. The Morgan fingerprint density at radius 3 is 2.95 bits per heavy atom. The molecule has 2 N–H and O–H groups in total. The molecule has 2 rings (SSSR count). The van der Waals surface area contributed by atoms with Crippen molar-refractivity contribution in [3.05, 3.63) is 41.7 Å². The highest BCUT2D eigenvalue weighted by Gasteiger charge is 2.09. The summed E-state index contributed by atoms with van der Waals surface area (Å²) in [5.74, 6) is 1.01. The molecule has 0 fully saturated rings. The van der Waals surface area contributed by atoms with E-state index in [1.54, 1.807) is 7.11 Å². The molecule has 1 aromatic heterocycles. The van der Waals surface area contributed by atoms with Crippen molar-refractivity contribution in [1.29, 1.82) is 0 Å². The van der Waals surface area contributed by atoms with Crippen LogP contribution in [0.25, 0.3) is 0 Å². The van der Waals surface area contributed by atoms with Crippen LogP contribution in [-0.4, -0.2) is 23.4 Å². The summed E-state index contributed by atoms with van der Waals surface area (Å²) in [7, 11) is 1.59. The number of nitrogen functional groups attached to an aromatic ring is 1. The van der Waals surface area contributed by atoms with E-state index in [9.17, 15) is 4.79 Å². The first kappa shape index (κ1) is 12.8. The predicted molar refractivity (Wildman–Crippen MR) is 69.2 cm³/mol. The van der Waals surface area contributed by atoms with Gasteiger partial charge in [-0.1, -0.05) is 12.1 Å². The Bertz CT molecular complexity index is 587. The summed E-state index contributed by atoms with van der Waals surface area (Å²) in [5, 5.41) is 0. The van der Waals surface area contributed by atoms with Crippen LogP contribution in [0.1, 0.15) is 15.9 Å². The first-order valence-corrected chi connectivity index (χ1v) is 5.56. The second-order valence-corrected chi connectivity index (χ2v) is 3.74. The van der Waals surface area contributed by atoms with Crippen LogP contribution in [0.3, 0.4) is 0 Å². The van der Waals surface area contributed by atoms with E-state index in [0.717, 1.165) is 11.3 Å². The van der Waals surface area contributed by atoms with E-state index in [1.165, 1.54) is 6.33 Å². The number of nitrogens with zero attached hydrogens (tertiary/aromatic N) is 2. The van der Waals surface area contributed by atoms with Gasteiger partial charge in [0.25, 0.3) is 0 Å². The molecule has 1 heterocycles. The van der Waals surface area contributed by atoms with E-state index < -0.39 is 0 Å². The Labute approximate surface area is 110 Å². The summed E-state index contributed by atoms with van der Waals surface area (Å²) in [6.07, 6.45) is 1.83. The number of ether oxygens (including phenoxy) is 2. The Hall–Kier alpha value is -2.63. The van der Waals surface area contributed by atoms with Gasteiger partial charge in [-0.25, -0.2) is 9.97 Å². The summed E-state index contributed by atoms with van der Waals surface area (Å²) in [6.45, 7) is 0.258. The summed E-state index contributed by atoms with van der Waals surface area (Å²) in [6, 6.07) is 7.41. The minimum atomic E-state index is 0.102. The topological polar surface area (TPSA) is 87.3 Å². The van der Waals surface area contributed by atoms with Crippen LogP contribution < -0.4 is 15.2 Å². The standard InChI is InChI=1S/C13H13N3O3/c1-18-10-4-2-3-9(5-10)7-19-13-11(6-17)12(14)15-8-16-13/h2-6,8H,7H2,1H3,(H2,14,15,16). The first-order valence-electron chi connectivity index (χ1n) is 5.56. The van der Waals surface area contributed by atoms with Crippen molar-refractivity contribution < 1.29 is 14.3 Å². The van der Waals surface area contributed by atoms with Crippen molar-refractivity contribution in [1.82, 2.24) is 9.97 Å². The lowest BCUT2D eigenvalue weighted by molar-refractivity contribution is 0.111. The molecule has 0 radical (unpaired) electrons. The molecule has 0 atom stereocenters. The third-order valence-electron chi connectivity index (χ3n) is 2.51. The van der Waals surface area contributed by atoms with Crippen LogP contribution in [0.4, 0.5) is 5.82 Å². The number of hydrogen-bond donors (Lipinski definition) is 1. The van der Waals surface area contributed by atoms with Gasteiger partial charge in [-0.15, -0.1) is 0 Å². The van der Waals surface area contributed by atoms with Gasteiger partial charge < -0.3 is 15.2 Å². The molecule has 19 heavy (non-hydrogen) atoms. The maximum atomic E-state index is 10.9. The van der Waals surface area contributed by atoms with Crippen LogP contribution in [0.15, 0.2) is 30.6 Å². The fourth-order valence-electron chi connectivity index (χ4n) is 1.53. The summed E-state index contributed by atoms with van der Waals surface area (Å²) in [4.78, 5) is 18.5. The van der Waals surface area contributed by atoms with Gasteiger partial charge in [0.2, 0.25) is 5.88 Å². The smallest absolute Gasteiger partial charge is 0.229 e. The van der Waals surface area contributed by atoms with E-state index in [-0.39, 0.29) is 23.9 Å². The zero-order valence-corrected chi connectivity index (χ0v) is 10.4. The number of rotatable bonds is 5. The highest BCUT2D eigenvalue weighted by molar-refractivity contribution is 5.84. The van der Waals surface area contributed by atoms with Gasteiger partial charge in [0.15, 0.2) is 6.29 Å². The van der Waals surface area contributed by atoms with Crippen LogP contribution in [0, 0.1) is 0 Å². The third kappa shape index (κ3) is 2.98. The lowest BCUT2D eigenvalue weighted by Gasteiger charge is -2.08. The molecule has 0 saturated carbocycles. The molecule has 6 heteroatoms. The first-order chi connectivity index (χ1) is 9.24. The zero-order valence-electron chi connectivity index (χ0n) is 10.4. The minimum Gasteiger partial charge on any atom is -0.497 e. The molecule has 6 nitrogen and oxygen atoms in total. The van der Waals surface area contributed by atoms with Crippen LogP contribution in [-0.2, 0) is 6.61 Å². The summed E-state index contributed by atoms with van der Waals surface area (Å²) in [5.41, 5.74) is 6.62. The van der Waals surface area contributed by atoms with Crippen molar-refractivity contribution in [2.75, 3.05) is 12.8 Å². The fourth-order valence-corrected chi connectivity index (χ4v) is 1.53. The number of benzene rings is 1. The maximum absolute atomic E-state index is 10.9. The molecule has 0 spiro atoms. The van der Waals surface area contributed by atoms with Crippen LogP contribution in [0.2, 0.25) is 0 Å².